The van der Waals surface area contributed by atoms with E-state index in [4.69, 9.17) is 53.1 Å². The third-order valence-corrected chi connectivity index (χ3v) is 11.1. The maximum Gasteiger partial charge on any atom is 0.313 e. The third-order valence-electron chi connectivity index (χ3n) is 10.2. The van der Waals surface area contributed by atoms with E-state index in [0.29, 0.717) is 143 Å². The van der Waals surface area contributed by atoms with Gasteiger partial charge in [-0.3, -0.25) is 14.5 Å². The van der Waals surface area contributed by atoms with Gasteiger partial charge in [0, 0.05) is 44.2 Å². The minimum absolute atomic E-state index is 0.00513. The summed E-state index contributed by atoms with van der Waals surface area (Å²) in [6.45, 7) is 12.4. The second-order valence-corrected chi connectivity index (χ2v) is 17.0. The van der Waals surface area contributed by atoms with Crippen molar-refractivity contribution in [3.8, 4) is 5.75 Å². The Balaban J connectivity index is 0.833. The smallest absolute Gasteiger partial charge is 0.313 e. The fourth-order valence-corrected chi connectivity index (χ4v) is 7.39. The average Bonchev–Trinajstić information content (AvgIpc) is 3.73. The summed E-state index contributed by atoms with van der Waals surface area (Å²) >= 11 is 1.56. The van der Waals surface area contributed by atoms with Gasteiger partial charge in [-0.25, -0.2) is 13.8 Å². The van der Waals surface area contributed by atoms with Crippen molar-refractivity contribution in [2.24, 2.45) is 10.7 Å². The van der Waals surface area contributed by atoms with Crippen molar-refractivity contribution in [3.63, 3.8) is 0 Å². The van der Waals surface area contributed by atoms with E-state index in [1.165, 1.54) is 5.56 Å². The molecule has 0 bridgehead atoms. The van der Waals surface area contributed by atoms with Crippen molar-refractivity contribution in [3.05, 3.63) is 86.6 Å². The molecular weight excluding hydrogens is 973 g/mol. The molecule has 0 unspecified atom stereocenters. The topological polar surface area (TPSA) is 181 Å². The zero-order chi connectivity index (χ0) is 51.6. The van der Waals surface area contributed by atoms with Crippen LogP contribution in [-0.4, -0.2) is 180 Å². The van der Waals surface area contributed by atoms with Gasteiger partial charge in [-0.1, -0.05) is 31.2 Å². The second-order valence-electron chi connectivity index (χ2n) is 16.0. The van der Waals surface area contributed by atoms with Crippen LogP contribution in [0.1, 0.15) is 42.2 Å². The largest absolute Gasteiger partial charge is 0.420 e. The van der Waals surface area contributed by atoms with Crippen LogP contribution in [0.2, 0.25) is 0 Å². The number of aliphatic imine (C=N–C) groups is 1. The van der Waals surface area contributed by atoms with E-state index in [-0.39, 0.29) is 31.8 Å². The Morgan fingerprint density at radius 2 is 1.04 bits per heavy atom. The summed E-state index contributed by atoms with van der Waals surface area (Å²) < 4.78 is 113. The van der Waals surface area contributed by atoms with Crippen molar-refractivity contribution >= 4 is 40.8 Å². The summed E-state index contributed by atoms with van der Waals surface area (Å²) in [5.41, 5.74) is 9.89. The molecular formula is C50H70F4N4O13S. The number of benzene rings is 2. The Bertz CT molecular complexity index is 2040. The first kappa shape index (κ1) is 60.1. The molecule has 0 saturated heterocycles. The number of halogens is 4. The lowest BCUT2D eigenvalue weighted by atomic mass is 10.1. The zero-order valence-electron chi connectivity index (χ0n) is 41.4. The summed E-state index contributed by atoms with van der Waals surface area (Å²) in [4.78, 5) is 34.9. The van der Waals surface area contributed by atoms with Crippen LogP contribution in [0, 0.1) is 23.3 Å². The molecule has 0 aliphatic carbocycles. The van der Waals surface area contributed by atoms with E-state index in [1.54, 1.807) is 11.3 Å². The lowest BCUT2D eigenvalue weighted by Gasteiger charge is -2.24. The molecule has 4 rings (SSSR count). The highest BCUT2D eigenvalue weighted by Crippen LogP contribution is 2.32. The van der Waals surface area contributed by atoms with Crippen molar-refractivity contribution < 1.29 is 79.3 Å². The molecule has 2 heterocycles. The van der Waals surface area contributed by atoms with Crippen molar-refractivity contribution in [1.82, 2.24) is 9.80 Å². The van der Waals surface area contributed by atoms with Gasteiger partial charge in [0.15, 0.2) is 11.6 Å². The molecule has 22 heteroatoms. The summed E-state index contributed by atoms with van der Waals surface area (Å²) in [5, 5.41) is 1.96. The monoisotopic (exact) mass is 1040 g/mol. The van der Waals surface area contributed by atoms with Crippen LogP contribution in [0.5, 0.6) is 5.75 Å². The van der Waals surface area contributed by atoms with E-state index >= 15 is 0 Å². The predicted molar refractivity (Wildman–Crippen MR) is 261 cm³/mol. The summed E-state index contributed by atoms with van der Waals surface area (Å²) in [6, 6.07) is 10.4. The Kier molecular flexibility index (Phi) is 30.5. The number of fused-ring (bicyclic) bond motifs is 1. The molecule has 2 N–H and O–H groups in total. The molecule has 1 aromatic heterocycles. The number of esters is 1. The molecule has 17 nitrogen and oxygen atoms in total. The quantitative estimate of drug-likeness (QED) is 0.0226. The van der Waals surface area contributed by atoms with Crippen LogP contribution in [0.25, 0.3) is 6.08 Å². The number of thiophene rings is 1. The molecule has 0 saturated carbocycles. The fourth-order valence-electron chi connectivity index (χ4n) is 6.60. The normalized spacial score (nSPS) is 12.5. The Labute approximate surface area is 423 Å². The summed E-state index contributed by atoms with van der Waals surface area (Å²) in [6.07, 6.45) is 2.73. The van der Waals surface area contributed by atoms with Gasteiger partial charge in [-0.05, 0) is 42.1 Å². The van der Waals surface area contributed by atoms with Crippen molar-refractivity contribution in [1.29, 1.82) is 0 Å². The number of amidine groups is 1. The van der Waals surface area contributed by atoms with Crippen molar-refractivity contribution in [2.75, 3.05) is 152 Å². The lowest BCUT2D eigenvalue weighted by molar-refractivity contribution is -0.136. The molecule has 1 amide bonds. The molecule has 0 atom stereocenters. The highest BCUT2D eigenvalue weighted by atomic mass is 32.1. The highest BCUT2D eigenvalue weighted by Gasteiger charge is 2.24. The number of nitrogens with zero attached hydrogens (tertiary/aromatic N) is 3. The first-order valence-electron chi connectivity index (χ1n) is 24.0. The lowest BCUT2D eigenvalue weighted by Crippen LogP contribution is -2.33. The maximum absolute atomic E-state index is 13.6. The Morgan fingerprint density at radius 1 is 0.611 bits per heavy atom. The minimum atomic E-state index is -1.80. The molecule has 0 fully saturated rings. The van der Waals surface area contributed by atoms with Gasteiger partial charge in [0.25, 0.3) is 5.91 Å². The van der Waals surface area contributed by atoms with E-state index in [1.807, 2.05) is 22.4 Å². The molecule has 72 heavy (non-hydrogen) atoms. The molecule has 1 aliphatic rings. The minimum Gasteiger partial charge on any atom is -0.420 e. The van der Waals surface area contributed by atoms with Crippen LogP contribution in [0.15, 0.2) is 52.3 Å². The summed E-state index contributed by atoms with van der Waals surface area (Å²) in [7, 11) is 2.06. The molecule has 2 aromatic carbocycles. The van der Waals surface area contributed by atoms with Gasteiger partial charge >= 0.3 is 5.97 Å². The molecule has 3 aromatic rings. The van der Waals surface area contributed by atoms with Gasteiger partial charge < -0.3 is 62.7 Å². The van der Waals surface area contributed by atoms with Crippen molar-refractivity contribution in [2.45, 2.75) is 39.3 Å². The van der Waals surface area contributed by atoms with E-state index < -0.39 is 41.4 Å². The van der Waals surface area contributed by atoms with Gasteiger partial charge in [-0.15, -0.1) is 11.3 Å². The first-order chi connectivity index (χ1) is 35.0. The maximum atomic E-state index is 13.6. The van der Waals surface area contributed by atoms with Crippen LogP contribution < -0.4 is 10.5 Å². The number of carbonyl (C=O) groups excluding carboxylic acids is 2. The number of amides is 1. The summed E-state index contributed by atoms with van der Waals surface area (Å²) in [5.74, 6) is -9.06. The van der Waals surface area contributed by atoms with E-state index in [2.05, 4.69) is 52.9 Å². The number of hydrogen-bond acceptors (Lipinski definition) is 17. The van der Waals surface area contributed by atoms with E-state index in [9.17, 15) is 27.2 Å². The van der Waals surface area contributed by atoms with Crippen LogP contribution >= 0.6 is 11.3 Å². The molecule has 0 spiro atoms. The predicted octanol–water partition coefficient (Wildman–Crippen LogP) is 6.11. The Hall–Kier alpha value is -4.43. The fraction of sp³-hybridized carbons (Fsp3) is 0.580. The van der Waals surface area contributed by atoms with Gasteiger partial charge in [0.05, 0.1) is 149 Å². The molecule has 0 radical (unpaired) electrons. The second kappa shape index (κ2) is 36.5. The van der Waals surface area contributed by atoms with Gasteiger partial charge in [0.1, 0.15) is 5.84 Å². The third kappa shape index (κ3) is 24.5. The number of rotatable bonds is 41. The van der Waals surface area contributed by atoms with Gasteiger partial charge in [0.2, 0.25) is 17.4 Å². The zero-order valence-corrected chi connectivity index (χ0v) is 42.2. The SMILES string of the molecule is CCCN(Cc1ccc(CN(C)CCOCCOCCOCCOCCOCCOCCOCCOCCOCCOCCC(=O)Oc2c(F)c(F)cc(F)c2F)cc1)C(=O)C1=Cc2sccc2N=C(N)C1. The number of ether oxygens (including phenoxy) is 11. The highest BCUT2D eigenvalue weighted by molar-refractivity contribution is 7.11. The van der Waals surface area contributed by atoms with Crippen LogP contribution in [0.3, 0.4) is 0 Å². The number of nitrogens with two attached hydrogens (primary N) is 1. The Morgan fingerprint density at radius 3 is 1.50 bits per heavy atom. The molecule has 402 valence electrons. The van der Waals surface area contributed by atoms with E-state index in [0.717, 1.165) is 35.6 Å². The van der Waals surface area contributed by atoms with Gasteiger partial charge in [-0.2, -0.15) is 8.78 Å². The average molecular weight is 1040 g/mol. The van der Waals surface area contributed by atoms with Crippen LogP contribution in [0.4, 0.5) is 23.2 Å². The molecule has 1 aliphatic heterocycles. The number of likely N-dealkylation sites (N-methyl/N-ethyl adjacent to an activating group) is 1. The number of carbonyl (C=O) groups is 2. The standard InChI is InChI=1S/C50H70F4N4O13S/c1-3-10-58(50(60)40-33-44-43(9-32-72-44)56-45(55)34-40)37-39-6-4-38(5-7-39)36-57(2)11-13-62-15-17-64-19-21-66-23-25-68-27-29-70-31-30-69-28-26-67-24-22-65-20-18-63-16-14-61-12-8-46(59)71-49-47(53)41(51)35-42(52)48(49)54/h4-7,9,32-33,35H,3,8,10-31,34,36-37H2,1-2H3,(H2,55,56). The number of hydrogen-bond donors (Lipinski definition) is 1. The first-order valence-corrected chi connectivity index (χ1v) is 24.9. The van der Waals surface area contributed by atoms with Crippen LogP contribution in [-0.2, 0) is 70.0 Å².